The zero-order valence-electron chi connectivity index (χ0n) is 14.0. The van der Waals surface area contributed by atoms with Crippen molar-refractivity contribution in [2.45, 2.75) is 26.4 Å². The molecular formula is C18H17NO5S. The van der Waals surface area contributed by atoms with Crippen molar-refractivity contribution in [2.24, 2.45) is 0 Å². The molecule has 1 aliphatic rings. The SMILES string of the molecule is COC(=O)c1c(NC(=O)[C@@H]2Cc3ccccc3C(=O)O2)sc(C)c1C. The normalized spacial score (nSPS) is 16.0. The second kappa shape index (κ2) is 6.68. The van der Waals surface area contributed by atoms with E-state index >= 15 is 0 Å². The summed E-state index contributed by atoms with van der Waals surface area (Å²) in [6, 6.07) is 7.04. The Morgan fingerprint density at radius 3 is 2.72 bits per heavy atom. The van der Waals surface area contributed by atoms with Gasteiger partial charge in [0, 0.05) is 11.3 Å². The maximum Gasteiger partial charge on any atom is 0.341 e. The molecular weight excluding hydrogens is 342 g/mol. The highest BCUT2D eigenvalue weighted by atomic mass is 32.1. The molecule has 1 amide bonds. The molecule has 0 fully saturated rings. The van der Waals surface area contributed by atoms with Crippen LogP contribution < -0.4 is 5.32 Å². The third-order valence-electron chi connectivity index (χ3n) is 4.20. The summed E-state index contributed by atoms with van der Waals surface area (Å²) < 4.78 is 10.0. The number of ether oxygens (including phenoxy) is 2. The molecule has 0 spiro atoms. The van der Waals surface area contributed by atoms with Crippen LogP contribution in [0, 0.1) is 13.8 Å². The lowest BCUT2D eigenvalue weighted by Gasteiger charge is -2.23. The van der Waals surface area contributed by atoms with E-state index in [4.69, 9.17) is 9.47 Å². The van der Waals surface area contributed by atoms with Crippen LogP contribution in [-0.4, -0.2) is 31.1 Å². The molecule has 1 aliphatic heterocycles. The summed E-state index contributed by atoms with van der Waals surface area (Å²) in [4.78, 5) is 37.5. The molecule has 0 saturated heterocycles. The molecule has 6 nitrogen and oxygen atoms in total. The van der Waals surface area contributed by atoms with Crippen molar-refractivity contribution in [2.75, 3.05) is 12.4 Å². The lowest BCUT2D eigenvalue weighted by atomic mass is 9.98. The topological polar surface area (TPSA) is 81.7 Å². The number of amides is 1. The number of hydrogen-bond acceptors (Lipinski definition) is 6. The number of nitrogens with one attached hydrogen (secondary N) is 1. The van der Waals surface area contributed by atoms with E-state index in [1.165, 1.54) is 18.4 Å². The van der Waals surface area contributed by atoms with Crippen LogP contribution in [0.5, 0.6) is 0 Å². The van der Waals surface area contributed by atoms with E-state index in [0.717, 1.165) is 16.0 Å². The monoisotopic (exact) mass is 359 g/mol. The van der Waals surface area contributed by atoms with Gasteiger partial charge in [-0.25, -0.2) is 9.59 Å². The van der Waals surface area contributed by atoms with Gasteiger partial charge in [0.2, 0.25) is 0 Å². The van der Waals surface area contributed by atoms with Gasteiger partial charge in [0.25, 0.3) is 5.91 Å². The Kier molecular flexibility index (Phi) is 4.59. The number of carbonyl (C=O) groups is 3. The summed E-state index contributed by atoms with van der Waals surface area (Å²) in [5.41, 5.74) is 2.34. The second-order valence-corrected chi connectivity index (χ2v) is 6.95. The fraction of sp³-hybridized carbons (Fsp3) is 0.278. The van der Waals surface area contributed by atoms with Gasteiger partial charge in [-0.3, -0.25) is 4.79 Å². The van der Waals surface area contributed by atoms with E-state index in [-0.39, 0.29) is 0 Å². The maximum absolute atomic E-state index is 12.6. The summed E-state index contributed by atoms with van der Waals surface area (Å²) in [7, 11) is 1.29. The summed E-state index contributed by atoms with van der Waals surface area (Å²) in [6.07, 6.45) is -0.638. The minimum absolute atomic E-state index is 0.296. The van der Waals surface area contributed by atoms with Crippen molar-refractivity contribution in [1.82, 2.24) is 0 Å². The predicted molar refractivity (Wildman–Crippen MR) is 93.1 cm³/mol. The largest absolute Gasteiger partial charge is 0.465 e. The van der Waals surface area contributed by atoms with Gasteiger partial charge in [0.05, 0.1) is 18.2 Å². The molecule has 2 heterocycles. The van der Waals surface area contributed by atoms with Crippen molar-refractivity contribution in [3.8, 4) is 0 Å². The Labute approximate surface area is 148 Å². The number of methoxy groups -OCH3 is 1. The summed E-state index contributed by atoms with van der Waals surface area (Å²) >= 11 is 1.29. The quantitative estimate of drug-likeness (QED) is 0.852. The van der Waals surface area contributed by atoms with Gasteiger partial charge in [0.15, 0.2) is 6.10 Å². The molecule has 1 atom stereocenters. The van der Waals surface area contributed by atoms with Crippen molar-refractivity contribution >= 4 is 34.2 Å². The number of aryl methyl sites for hydroxylation is 1. The third-order valence-corrected chi connectivity index (χ3v) is 5.32. The van der Waals surface area contributed by atoms with E-state index in [2.05, 4.69) is 5.32 Å². The van der Waals surface area contributed by atoms with Gasteiger partial charge < -0.3 is 14.8 Å². The molecule has 0 saturated carbocycles. The van der Waals surface area contributed by atoms with E-state index in [1.54, 1.807) is 25.1 Å². The average Bonchev–Trinajstić information content (AvgIpc) is 2.88. The summed E-state index contributed by atoms with van der Waals surface area (Å²) in [5.74, 6) is -1.49. The Hall–Kier alpha value is -2.67. The zero-order valence-corrected chi connectivity index (χ0v) is 14.9. The van der Waals surface area contributed by atoms with Crippen LogP contribution in [0.1, 0.15) is 36.7 Å². The van der Waals surface area contributed by atoms with E-state index < -0.39 is 23.9 Å². The molecule has 1 aromatic heterocycles. The minimum Gasteiger partial charge on any atom is -0.465 e. The number of carbonyl (C=O) groups excluding carboxylic acids is 3. The highest BCUT2D eigenvalue weighted by Crippen LogP contribution is 2.33. The van der Waals surface area contributed by atoms with Crippen LogP contribution in [0.2, 0.25) is 0 Å². The molecule has 3 rings (SSSR count). The number of benzene rings is 1. The molecule has 1 aromatic carbocycles. The molecule has 7 heteroatoms. The van der Waals surface area contributed by atoms with Crippen LogP contribution >= 0.6 is 11.3 Å². The van der Waals surface area contributed by atoms with Crippen LogP contribution in [0.4, 0.5) is 5.00 Å². The van der Waals surface area contributed by atoms with Gasteiger partial charge in [-0.05, 0) is 31.0 Å². The molecule has 0 unspecified atom stereocenters. The number of rotatable bonds is 3. The first-order chi connectivity index (χ1) is 11.9. The number of cyclic esters (lactones) is 1. The Balaban J connectivity index is 1.84. The number of anilines is 1. The number of fused-ring (bicyclic) bond motifs is 1. The maximum atomic E-state index is 12.6. The third kappa shape index (κ3) is 3.15. The number of hydrogen-bond donors (Lipinski definition) is 1. The predicted octanol–water partition coefficient (Wildman–Crippen LogP) is 2.87. The fourth-order valence-electron chi connectivity index (χ4n) is 2.73. The summed E-state index contributed by atoms with van der Waals surface area (Å²) in [6.45, 7) is 3.66. The van der Waals surface area contributed by atoms with Crippen LogP contribution in [0.3, 0.4) is 0 Å². The standard InChI is InChI=1S/C18H17NO5S/c1-9-10(2)25-16(14(9)18(22)23-3)19-15(20)13-8-11-6-4-5-7-12(11)17(21)24-13/h4-7,13H,8H2,1-3H3,(H,19,20)/t13-/m0/s1. The van der Waals surface area contributed by atoms with Crippen molar-refractivity contribution in [1.29, 1.82) is 0 Å². The highest BCUT2D eigenvalue weighted by molar-refractivity contribution is 7.16. The lowest BCUT2D eigenvalue weighted by molar-refractivity contribution is -0.125. The van der Waals surface area contributed by atoms with Crippen LogP contribution in [0.15, 0.2) is 24.3 Å². The first-order valence-electron chi connectivity index (χ1n) is 7.70. The van der Waals surface area contributed by atoms with Gasteiger partial charge >= 0.3 is 11.9 Å². The van der Waals surface area contributed by atoms with Crippen molar-refractivity contribution < 1.29 is 23.9 Å². The van der Waals surface area contributed by atoms with Crippen molar-refractivity contribution in [3.05, 3.63) is 51.4 Å². The van der Waals surface area contributed by atoms with E-state index in [1.807, 2.05) is 13.0 Å². The zero-order chi connectivity index (χ0) is 18.1. The average molecular weight is 359 g/mol. The van der Waals surface area contributed by atoms with Gasteiger partial charge in [-0.2, -0.15) is 0 Å². The van der Waals surface area contributed by atoms with E-state index in [0.29, 0.717) is 22.5 Å². The molecule has 25 heavy (non-hydrogen) atoms. The Morgan fingerprint density at radius 1 is 1.28 bits per heavy atom. The first kappa shape index (κ1) is 17.2. The molecule has 0 radical (unpaired) electrons. The summed E-state index contributed by atoms with van der Waals surface area (Å²) in [5, 5.41) is 3.11. The van der Waals surface area contributed by atoms with Gasteiger partial charge in [0.1, 0.15) is 5.00 Å². The minimum atomic E-state index is -0.935. The van der Waals surface area contributed by atoms with E-state index in [9.17, 15) is 14.4 Å². The van der Waals surface area contributed by atoms with Crippen molar-refractivity contribution in [3.63, 3.8) is 0 Å². The Morgan fingerprint density at radius 2 is 2.00 bits per heavy atom. The first-order valence-corrected chi connectivity index (χ1v) is 8.52. The van der Waals surface area contributed by atoms with Gasteiger partial charge in [-0.1, -0.05) is 18.2 Å². The second-order valence-electron chi connectivity index (χ2n) is 5.72. The number of thiophene rings is 1. The number of esters is 2. The molecule has 0 bridgehead atoms. The molecule has 130 valence electrons. The van der Waals surface area contributed by atoms with Gasteiger partial charge in [-0.15, -0.1) is 11.3 Å². The Bertz CT molecular complexity index is 870. The van der Waals surface area contributed by atoms with Crippen LogP contribution in [0.25, 0.3) is 0 Å². The molecule has 2 aromatic rings. The fourth-order valence-corrected chi connectivity index (χ4v) is 3.78. The lowest BCUT2D eigenvalue weighted by Crippen LogP contribution is -2.38. The van der Waals surface area contributed by atoms with Crippen LogP contribution in [-0.2, 0) is 20.7 Å². The molecule has 1 N–H and O–H groups in total. The smallest absolute Gasteiger partial charge is 0.341 e. The highest BCUT2D eigenvalue weighted by Gasteiger charge is 2.32. The molecule has 0 aliphatic carbocycles.